The van der Waals surface area contributed by atoms with Crippen LogP contribution in [0.3, 0.4) is 0 Å². The molecule has 0 radical (unpaired) electrons. The molecule has 0 aliphatic carbocycles. The standard InChI is InChI=1S/C22H18ClIN2O5/c1-3-8-31-19-17(24)10-13(11-18(19)30-4-2)9-16-20(27)25-22(29)26(21(16)28)15-7-5-6-14(23)12-15/h3,5-7,9-12H,1,4,8H2,2H3,(H,25,27,29)/b16-9+. The Hall–Kier alpha value is -2.85. The van der Waals surface area contributed by atoms with Crippen molar-refractivity contribution in [3.63, 3.8) is 0 Å². The van der Waals surface area contributed by atoms with E-state index in [0.29, 0.717) is 35.3 Å². The molecule has 2 aromatic rings. The summed E-state index contributed by atoms with van der Waals surface area (Å²) in [6, 6.07) is 8.82. The van der Waals surface area contributed by atoms with E-state index in [4.69, 9.17) is 21.1 Å². The lowest BCUT2D eigenvalue weighted by Gasteiger charge is -2.26. The molecule has 3 rings (SSSR count). The van der Waals surface area contributed by atoms with E-state index in [-0.39, 0.29) is 11.3 Å². The highest BCUT2D eigenvalue weighted by atomic mass is 127. The van der Waals surface area contributed by atoms with Crippen LogP contribution in [0.2, 0.25) is 5.02 Å². The molecule has 1 N–H and O–H groups in total. The van der Waals surface area contributed by atoms with E-state index in [1.807, 2.05) is 6.92 Å². The zero-order chi connectivity index (χ0) is 22.5. The maximum absolute atomic E-state index is 13.0. The van der Waals surface area contributed by atoms with Crippen LogP contribution in [-0.4, -0.2) is 31.1 Å². The Morgan fingerprint density at radius 3 is 2.65 bits per heavy atom. The Morgan fingerprint density at radius 1 is 1.19 bits per heavy atom. The van der Waals surface area contributed by atoms with Gasteiger partial charge in [-0.2, -0.15) is 0 Å². The van der Waals surface area contributed by atoms with Crippen LogP contribution in [-0.2, 0) is 9.59 Å². The first-order valence-electron chi connectivity index (χ1n) is 9.22. The molecule has 0 bridgehead atoms. The lowest BCUT2D eigenvalue weighted by Crippen LogP contribution is -2.54. The zero-order valence-corrected chi connectivity index (χ0v) is 19.4. The van der Waals surface area contributed by atoms with Crippen LogP contribution in [0.25, 0.3) is 6.08 Å². The summed E-state index contributed by atoms with van der Waals surface area (Å²) in [6.07, 6.45) is 3.03. The first-order valence-corrected chi connectivity index (χ1v) is 10.7. The molecule has 1 aliphatic rings. The van der Waals surface area contributed by atoms with E-state index in [0.717, 1.165) is 8.47 Å². The third kappa shape index (κ3) is 5.08. The van der Waals surface area contributed by atoms with Gasteiger partial charge in [0.1, 0.15) is 12.2 Å². The Labute approximate surface area is 197 Å². The highest BCUT2D eigenvalue weighted by Crippen LogP contribution is 2.35. The molecule has 0 atom stereocenters. The molecule has 0 unspecified atom stereocenters. The quantitative estimate of drug-likeness (QED) is 0.235. The molecule has 9 heteroatoms. The third-order valence-corrected chi connectivity index (χ3v) is 5.19. The number of carbonyl (C=O) groups is 3. The minimum absolute atomic E-state index is 0.197. The number of hydrogen-bond donors (Lipinski definition) is 1. The van der Waals surface area contributed by atoms with Gasteiger partial charge in [0, 0.05) is 5.02 Å². The summed E-state index contributed by atoms with van der Waals surface area (Å²) in [7, 11) is 0. The van der Waals surface area contributed by atoms with Gasteiger partial charge in [0.2, 0.25) is 0 Å². The van der Waals surface area contributed by atoms with Crippen LogP contribution < -0.4 is 19.7 Å². The SMILES string of the molecule is C=CCOc1c(I)cc(/C=C2\C(=O)NC(=O)N(c3cccc(Cl)c3)C2=O)cc1OCC. The minimum atomic E-state index is -0.841. The normalized spacial score (nSPS) is 15.1. The lowest BCUT2D eigenvalue weighted by atomic mass is 10.1. The largest absolute Gasteiger partial charge is 0.490 e. The number of imide groups is 2. The Bertz CT molecular complexity index is 1100. The van der Waals surface area contributed by atoms with Crippen molar-refractivity contribution in [3.05, 3.63) is 68.8 Å². The topological polar surface area (TPSA) is 84.9 Å². The Morgan fingerprint density at radius 2 is 1.97 bits per heavy atom. The van der Waals surface area contributed by atoms with Gasteiger partial charge in [0.15, 0.2) is 11.5 Å². The van der Waals surface area contributed by atoms with Gasteiger partial charge in [-0.3, -0.25) is 14.9 Å². The monoisotopic (exact) mass is 552 g/mol. The Balaban J connectivity index is 2.03. The van der Waals surface area contributed by atoms with E-state index in [9.17, 15) is 14.4 Å². The summed E-state index contributed by atoms with van der Waals surface area (Å²) in [5, 5.41) is 2.54. The summed E-state index contributed by atoms with van der Waals surface area (Å²) < 4.78 is 12.1. The van der Waals surface area contributed by atoms with Gasteiger partial charge >= 0.3 is 6.03 Å². The molecule has 7 nitrogen and oxygen atoms in total. The molecular formula is C22H18ClIN2O5. The van der Waals surface area contributed by atoms with E-state index in [1.165, 1.54) is 12.1 Å². The summed E-state index contributed by atoms with van der Waals surface area (Å²) >= 11 is 8.07. The van der Waals surface area contributed by atoms with Crippen molar-refractivity contribution < 1.29 is 23.9 Å². The second kappa shape index (κ2) is 9.97. The number of urea groups is 1. The number of nitrogens with zero attached hydrogens (tertiary/aromatic N) is 1. The number of rotatable bonds is 7. The predicted octanol–water partition coefficient (Wildman–Crippen LogP) is 4.57. The molecule has 0 aromatic heterocycles. The van der Waals surface area contributed by atoms with Crippen LogP contribution in [0.4, 0.5) is 10.5 Å². The molecule has 0 spiro atoms. The number of nitrogens with one attached hydrogen (secondary N) is 1. The van der Waals surface area contributed by atoms with Gasteiger partial charge in [0.25, 0.3) is 11.8 Å². The molecule has 1 saturated heterocycles. The van der Waals surface area contributed by atoms with Crippen molar-refractivity contribution in [3.8, 4) is 11.5 Å². The summed E-state index contributed by atoms with van der Waals surface area (Å²) in [5.41, 5.74) is 0.599. The molecule has 4 amide bonds. The number of ether oxygens (including phenoxy) is 2. The smallest absolute Gasteiger partial charge is 0.335 e. The van der Waals surface area contributed by atoms with Crippen LogP contribution in [0.15, 0.2) is 54.6 Å². The highest BCUT2D eigenvalue weighted by molar-refractivity contribution is 14.1. The molecule has 31 heavy (non-hydrogen) atoms. The second-order valence-electron chi connectivity index (χ2n) is 6.30. The van der Waals surface area contributed by atoms with Crippen LogP contribution in [0, 0.1) is 3.57 Å². The average molecular weight is 553 g/mol. The zero-order valence-electron chi connectivity index (χ0n) is 16.5. The molecule has 1 fully saturated rings. The average Bonchev–Trinajstić information content (AvgIpc) is 2.71. The first kappa shape index (κ1) is 22.8. The van der Waals surface area contributed by atoms with Crippen LogP contribution in [0.5, 0.6) is 11.5 Å². The maximum Gasteiger partial charge on any atom is 0.335 e. The van der Waals surface area contributed by atoms with E-state index in [2.05, 4.69) is 34.5 Å². The van der Waals surface area contributed by atoms with Gasteiger partial charge in [0.05, 0.1) is 15.9 Å². The van der Waals surface area contributed by atoms with Crippen LogP contribution in [0.1, 0.15) is 12.5 Å². The lowest BCUT2D eigenvalue weighted by molar-refractivity contribution is -0.122. The predicted molar refractivity (Wildman–Crippen MR) is 126 cm³/mol. The van der Waals surface area contributed by atoms with Crippen molar-refractivity contribution in [2.75, 3.05) is 18.1 Å². The van der Waals surface area contributed by atoms with Crippen molar-refractivity contribution >= 4 is 63.8 Å². The van der Waals surface area contributed by atoms with Gasteiger partial charge in [-0.15, -0.1) is 0 Å². The number of benzene rings is 2. The first-order chi connectivity index (χ1) is 14.8. The van der Waals surface area contributed by atoms with Crippen molar-refractivity contribution in [2.24, 2.45) is 0 Å². The van der Waals surface area contributed by atoms with Gasteiger partial charge in [-0.05, 0) is 71.5 Å². The second-order valence-corrected chi connectivity index (χ2v) is 7.90. The van der Waals surface area contributed by atoms with Crippen molar-refractivity contribution in [1.29, 1.82) is 0 Å². The van der Waals surface area contributed by atoms with Gasteiger partial charge in [-0.1, -0.05) is 30.3 Å². The van der Waals surface area contributed by atoms with Crippen LogP contribution >= 0.6 is 34.2 Å². The molecule has 0 saturated carbocycles. The van der Waals surface area contributed by atoms with E-state index >= 15 is 0 Å². The number of hydrogen-bond acceptors (Lipinski definition) is 5. The Kier molecular flexibility index (Phi) is 7.34. The van der Waals surface area contributed by atoms with Crippen molar-refractivity contribution in [2.45, 2.75) is 6.92 Å². The summed E-state index contributed by atoms with van der Waals surface area (Å²) in [6.45, 7) is 6.17. The fraction of sp³-hybridized carbons (Fsp3) is 0.136. The number of halogens is 2. The van der Waals surface area contributed by atoms with E-state index < -0.39 is 17.8 Å². The number of carbonyl (C=O) groups excluding carboxylic acids is 3. The number of barbiturate groups is 1. The molecule has 1 aliphatic heterocycles. The maximum atomic E-state index is 13.0. The molecule has 160 valence electrons. The van der Waals surface area contributed by atoms with Crippen molar-refractivity contribution in [1.82, 2.24) is 5.32 Å². The van der Waals surface area contributed by atoms with Gasteiger partial charge < -0.3 is 9.47 Å². The third-order valence-electron chi connectivity index (χ3n) is 4.16. The van der Waals surface area contributed by atoms with Gasteiger partial charge in [-0.25, -0.2) is 9.69 Å². The molecule has 2 aromatic carbocycles. The summed E-state index contributed by atoms with van der Waals surface area (Å²) in [4.78, 5) is 38.6. The number of amides is 4. The van der Waals surface area contributed by atoms with E-state index in [1.54, 1.807) is 36.4 Å². The fourth-order valence-corrected chi connectivity index (χ4v) is 3.86. The summed E-state index contributed by atoms with van der Waals surface area (Å²) in [5.74, 6) is -0.529. The molecule has 1 heterocycles. The molecular weight excluding hydrogens is 535 g/mol. The highest BCUT2D eigenvalue weighted by Gasteiger charge is 2.37. The minimum Gasteiger partial charge on any atom is -0.490 e. The number of anilines is 1. The fourth-order valence-electron chi connectivity index (χ4n) is 2.89.